The number of rotatable bonds is 7. The summed E-state index contributed by atoms with van der Waals surface area (Å²) in [6, 6.07) is -1.07. The molecule has 0 aromatic heterocycles. The van der Waals surface area contributed by atoms with Gasteiger partial charge in [-0.1, -0.05) is 88.6 Å². The Bertz CT molecular complexity index is 2020. The Morgan fingerprint density at radius 3 is 2.27 bits per heavy atom. The third kappa shape index (κ3) is 15.2. The number of hydrogen-bond acceptors (Lipinski definition) is 14. The van der Waals surface area contributed by atoms with Gasteiger partial charge >= 0.3 is 5.97 Å². The second-order valence-electron chi connectivity index (χ2n) is 21.3. The molecule has 1 unspecified atom stereocenters. The molecule has 5 aliphatic rings. The van der Waals surface area contributed by atoms with Gasteiger partial charge in [-0.3, -0.25) is 14.4 Å². The van der Waals surface area contributed by atoms with E-state index >= 15 is 0 Å². The van der Waals surface area contributed by atoms with Gasteiger partial charge in [0.05, 0.1) is 24.1 Å². The maximum atomic E-state index is 14.5. The molecule has 0 aromatic rings. The van der Waals surface area contributed by atoms with Crippen LogP contribution < -0.4 is 0 Å². The van der Waals surface area contributed by atoms with Crippen LogP contribution in [0, 0.1) is 35.5 Å². The van der Waals surface area contributed by atoms with Crippen LogP contribution >= 0.6 is 11.9 Å². The van der Waals surface area contributed by atoms with Gasteiger partial charge in [-0.2, -0.15) is 0 Å². The van der Waals surface area contributed by atoms with E-state index in [4.69, 9.17) is 18.9 Å². The van der Waals surface area contributed by atoms with Gasteiger partial charge in [-0.05, 0) is 133 Å². The number of nitrogens with zero attached hydrogens (tertiary/aromatic N) is 2. The van der Waals surface area contributed by atoms with Crippen molar-refractivity contribution < 1.29 is 61.9 Å². The smallest absolute Gasteiger partial charge is 0.329 e. The first-order valence-corrected chi connectivity index (χ1v) is 28.3. The number of hydrogen-bond donors (Lipinski definition) is 3. The summed E-state index contributed by atoms with van der Waals surface area (Å²) in [4.78, 5) is 58.4. The fourth-order valence-electron chi connectivity index (χ4n) is 11.0. The normalized spacial score (nSPS) is 40.5. The topological polar surface area (TPSA) is 207 Å². The summed E-state index contributed by atoms with van der Waals surface area (Å²) < 4.78 is 51.4. The number of ether oxygens (including phenoxy) is 4. The first kappa shape index (κ1) is 58.2. The van der Waals surface area contributed by atoms with E-state index in [0.29, 0.717) is 82.7 Å². The predicted octanol–water partition coefficient (Wildman–Crippen LogP) is 7.04. The second kappa shape index (κ2) is 26.5. The summed E-state index contributed by atoms with van der Waals surface area (Å²) in [5, 5.41) is 33.8. The standard InChI is InChI=1S/C53H84N2O13S2/c1-33-16-11-10-12-17-35(3)46(69-55-26-15-27-70(55,63)64)32-41-22-20-39(7)53(62,68-41)50(59)51(60)54-25-14-13-18-42(54)52(61)67-44(36(4)30-40-21-23-43(56)45(31-40)65-8)24-19-34(2)29-38(6)48(58)49(66-9)47(57)37(5)28-33/h10-12,16-17,29,33-34,36-37,39-46,48-49,56,58,62H,13-15,18-28,30-32H2,1-9H3/b12-10+,16-11+,35-17+,38-29+/t33-,34+,36-,37-,39-,40+,41+,42+,43-,44+,45-,46?,48-,49+,53-/m1/s1. The summed E-state index contributed by atoms with van der Waals surface area (Å²) in [7, 11) is -0.463. The summed E-state index contributed by atoms with van der Waals surface area (Å²) in [5.41, 5.74) is 1.43. The summed E-state index contributed by atoms with van der Waals surface area (Å²) in [5.74, 6) is -6.57. The van der Waals surface area contributed by atoms with Crippen LogP contribution in [0.15, 0.2) is 47.6 Å². The Labute approximate surface area is 422 Å². The number of aliphatic hydroxyl groups excluding tert-OH is 2. The van der Waals surface area contributed by atoms with Crippen LogP contribution in [-0.2, 0) is 48.1 Å². The molecule has 3 saturated heterocycles. The SMILES string of the molecule is CO[C@@H]1C[C@H](C[C@@H](C)[C@@H]2CC[C@H](C)/C=C(\C)[C@@H](O)[C@@H](OC)C(=O)[C@H](C)C[C@H](C)/C=C/C=C/C=C(\C)C(SN3CCCS3(=O)=O)C[C@@H]3CC[C@@H](C)[C@@](O)(O3)C(=O)C(=O)N3CCCC[C@H]3C(=O)O2)CC[C@H]1O. The average molecular weight is 1020 g/mol. The predicted molar refractivity (Wildman–Crippen MR) is 270 cm³/mol. The molecule has 3 N–H and O–H groups in total. The van der Waals surface area contributed by atoms with Crippen LogP contribution in [0.4, 0.5) is 0 Å². The van der Waals surface area contributed by atoms with E-state index in [9.17, 15) is 42.9 Å². The summed E-state index contributed by atoms with van der Waals surface area (Å²) >= 11 is 1.19. The largest absolute Gasteiger partial charge is 0.461 e. The maximum absolute atomic E-state index is 14.5. The molecular formula is C53H84N2O13S2. The number of carbonyl (C=O) groups is 4. The summed E-state index contributed by atoms with van der Waals surface area (Å²) in [6.07, 6.45) is 14.4. The number of piperidine rings is 1. The van der Waals surface area contributed by atoms with E-state index < -0.39 is 87.1 Å². The molecule has 70 heavy (non-hydrogen) atoms. The molecule has 17 heteroatoms. The van der Waals surface area contributed by atoms with Crippen LogP contribution in [0.5, 0.6) is 0 Å². The van der Waals surface area contributed by atoms with Gasteiger partial charge in [0, 0.05) is 44.4 Å². The van der Waals surface area contributed by atoms with Gasteiger partial charge in [0.2, 0.25) is 15.8 Å². The molecular weight excluding hydrogens is 937 g/mol. The zero-order chi connectivity index (χ0) is 51.5. The molecule has 2 bridgehead atoms. The van der Waals surface area contributed by atoms with Crippen molar-refractivity contribution >= 4 is 45.4 Å². The molecule has 1 aliphatic carbocycles. The van der Waals surface area contributed by atoms with Gasteiger partial charge < -0.3 is 39.2 Å². The zero-order valence-electron chi connectivity index (χ0n) is 43.2. The Hall–Kier alpha value is -2.74. The molecule has 4 heterocycles. The van der Waals surface area contributed by atoms with Crippen LogP contribution in [0.1, 0.15) is 138 Å². The van der Waals surface area contributed by atoms with E-state index in [0.717, 1.165) is 12.0 Å². The Balaban J connectivity index is 1.48. The monoisotopic (exact) mass is 1020 g/mol. The lowest BCUT2D eigenvalue weighted by Gasteiger charge is -2.43. The van der Waals surface area contributed by atoms with E-state index in [1.165, 1.54) is 27.7 Å². The lowest BCUT2D eigenvalue weighted by Crippen LogP contribution is -2.60. The van der Waals surface area contributed by atoms with Crippen molar-refractivity contribution in [1.29, 1.82) is 0 Å². The third-order valence-corrected chi connectivity index (χ3v) is 19.3. The van der Waals surface area contributed by atoms with Crippen molar-refractivity contribution in [2.75, 3.05) is 33.1 Å². The maximum Gasteiger partial charge on any atom is 0.329 e. The average Bonchev–Trinajstić information content (AvgIpc) is 3.66. The second-order valence-corrected chi connectivity index (χ2v) is 24.7. The minimum Gasteiger partial charge on any atom is -0.461 e. The lowest BCUT2D eigenvalue weighted by molar-refractivity contribution is -0.263. The molecule has 15 atom stereocenters. The van der Waals surface area contributed by atoms with Gasteiger partial charge in [0.25, 0.3) is 11.7 Å². The molecule has 0 spiro atoms. The molecule has 1 saturated carbocycles. The molecule has 396 valence electrons. The van der Waals surface area contributed by atoms with E-state index in [2.05, 4.69) is 0 Å². The fraction of sp³-hybridized carbons (Fsp3) is 0.774. The Kier molecular flexibility index (Phi) is 22.0. The van der Waals surface area contributed by atoms with Crippen LogP contribution in [-0.4, -0.2) is 143 Å². The van der Waals surface area contributed by atoms with Gasteiger partial charge in [-0.15, -0.1) is 3.71 Å². The van der Waals surface area contributed by atoms with Crippen molar-refractivity contribution in [2.45, 2.75) is 192 Å². The number of allylic oxidation sites excluding steroid dienone is 6. The van der Waals surface area contributed by atoms with E-state index in [1.54, 1.807) is 21.0 Å². The molecule has 1 amide bonds. The van der Waals surface area contributed by atoms with Crippen molar-refractivity contribution in [3.63, 3.8) is 0 Å². The van der Waals surface area contributed by atoms with E-state index in [1.807, 2.05) is 71.1 Å². The van der Waals surface area contributed by atoms with Crippen molar-refractivity contribution in [3.05, 3.63) is 47.6 Å². The van der Waals surface area contributed by atoms with Crippen molar-refractivity contribution in [3.8, 4) is 0 Å². The Morgan fingerprint density at radius 2 is 1.59 bits per heavy atom. The number of amides is 1. The van der Waals surface area contributed by atoms with Gasteiger partial charge in [0.15, 0.2) is 5.78 Å². The van der Waals surface area contributed by atoms with E-state index in [-0.39, 0.29) is 60.7 Å². The molecule has 15 nitrogen and oxygen atoms in total. The molecule has 5 rings (SSSR count). The fourth-order valence-corrected chi connectivity index (χ4v) is 14.3. The Morgan fingerprint density at radius 1 is 0.843 bits per heavy atom. The number of carbonyl (C=O) groups excluding carboxylic acids is 4. The number of aliphatic hydroxyl groups is 3. The van der Waals surface area contributed by atoms with Crippen LogP contribution in [0.3, 0.4) is 0 Å². The number of Topliss-reactive ketones (excluding diaryl/α,β-unsaturated/α-hetero) is 2. The number of ketones is 2. The first-order chi connectivity index (χ1) is 33.1. The first-order valence-electron chi connectivity index (χ1n) is 25.9. The van der Waals surface area contributed by atoms with Crippen LogP contribution in [0.25, 0.3) is 0 Å². The molecule has 0 aromatic carbocycles. The van der Waals surface area contributed by atoms with Gasteiger partial charge in [0.1, 0.15) is 24.4 Å². The summed E-state index contributed by atoms with van der Waals surface area (Å²) in [6.45, 7) is 13.7. The number of fused-ring (bicyclic) bond motifs is 3. The van der Waals surface area contributed by atoms with Crippen molar-refractivity contribution in [1.82, 2.24) is 8.61 Å². The quantitative estimate of drug-likeness (QED) is 0.101. The zero-order valence-corrected chi connectivity index (χ0v) is 44.8. The minimum absolute atomic E-state index is 0.00943. The van der Waals surface area contributed by atoms with Gasteiger partial charge in [-0.25, -0.2) is 13.2 Å². The highest BCUT2D eigenvalue weighted by atomic mass is 32.3. The number of sulfonamides is 1. The van der Waals surface area contributed by atoms with Crippen molar-refractivity contribution in [2.24, 2.45) is 35.5 Å². The number of methoxy groups -OCH3 is 2. The lowest BCUT2D eigenvalue weighted by atomic mass is 9.78. The highest BCUT2D eigenvalue weighted by molar-refractivity contribution is 8.09. The number of cyclic esters (lactones) is 1. The third-order valence-electron chi connectivity index (χ3n) is 15.5. The molecule has 4 aliphatic heterocycles. The number of esters is 1. The molecule has 4 fully saturated rings. The minimum atomic E-state index is -3.49. The van der Waals surface area contributed by atoms with Crippen LogP contribution in [0.2, 0.25) is 0 Å². The highest BCUT2D eigenvalue weighted by Gasteiger charge is 2.53. The molecule has 0 radical (unpaired) electrons. The highest BCUT2D eigenvalue weighted by Crippen LogP contribution is 2.40.